The molecule has 170 valence electrons. The smallest absolute Gasteiger partial charge is 0.234 e. The Balaban J connectivity index is 1.38. The predicted molar refractivity (Wildman–Crippen MR) is 124 cm³/mol. The topological polar surface area (TPSA) is 75.7 Å². The normalized spacial score (nSPS) is 26.3. The summed E-state index contributed by atoms with van der Waals surface area (Å²) < 4.78 is 5.45. The summed E-state index contributed by atoms with van der Waals surface area (Å²) in [6, 6.07) is 15.9. The first-order chi connectivity index (χ1) is 16.1. The van der Waals surface area contributed by atoms with Gasteiger partial charge in [-0.15, -0.1) is 0 Å². The van der Waals surface area contributed by atoms with E-state index >= 15 is 0 Å². The van der Waals surface area contributed by atoms with Gasteiger partial charge in [0, 0.05) is 5.69 Å². The molecule has 1 saturated carbocycles. The minimum Gasteiger partial charge on any atom is -0.494 e. The van der Waals surface area contributed by atoms with E-state index in [4.69, 9.17) is 4.74 Å². The second-order valence-corrected chi connectivity index (χ2v) is 9.02. The zero-order valence-electron chi connectivity index (χ0n) is 18.6. The van der Waals surface area contributed by atoms with Crippen molar-refractivity contribution in [2.24, 2.45) is 23.7 Å². The summed E-state index contributed by atoms with van der Waals surface area (Å²) in [5, 5.41) is 2.90. The fraction of sp³-hybridized carbons (Fsp3) is 0.370. The van der Waals surface area contributed by atoms with Crippen LogP contribution in [0.25, 0.3) is 0 Å². The Morgan fingerprint density at radius 1 is 0.970 bits per heavy atom. The molecule has 0 radical (unpaired) electrons. The Labute approximate surface area is 193 Å². The van der Waals surface area contributed by atoms with Crippen molar-refractivity contribution in [1.29, 1.82) is 0 Å². The molecule has 3 amide bonds. The van der Waals surface area contributed by atoms with E-state index in [0.29, 0.717) is 12.3 Å². The summed E-state index contributed by atoms with van der Waals surface area (Å²) in [6.07, 6.45) is 6.13. The Hall–Kier alpha value is -3.41. The van der Waals surface area contributed by atoms with Gasteiger partial charge in [-0.05, 0) is 61.4 Å². The van der Waals surface area contributed by atoms with Crippen LogP contribution in [0.15, 0.2) is 66.7 Å². The molecule has 2 aromatic rings. The molecule has 1 heterocycles. The number of carbonyl (C=O) groups is 3. The molecule has 1 N–H and O–H groups in total. The van der Waals surface area contributed by atoms with Crippen LogP contribution in [0.2, 0.25) is 0 Å². The van der Waals surface area contributed by atoms with E-state index in [2.05, 4.69) is 17.5 Å². The third-order valence-corrected chi connectivity index (χ3v) is 7.12. The number of allylic oxidation sites excluding steroid dienone is 2. The number of ether oxygens (including phenoxy) is 1. The molecule has 0 spiro atoms. The molecule has 6 rings (SSSR count). The second-order valence-electron chi connectivity index (χ2n) is 9.02. The van der Waals surface area contributed by atoms with Crippen molar-refractivity contribution in [3.63, 3.8) is 0 Å². The van der Waals surface area contributed by atoms with Gasteiger partial charge in [0.2, 0.25) is 17.7 Å². The minimum absolute atomic E-state index is 0.0108. The number of fused-ring (bicyclic) bond motifs is 1. The number of amides is 3. The van der Waals surface area contributed by atoms with Crippen LogP contribution in [-0.4, -0.2) is 29.2 Å². The van der Waals surface area contributed by atoms with E-state index in [1.807, 2.05) is 37.3 Å². The van der Waals surface area contributed by atoms with Crippen LogP contribution in [0.1, 0.15) is 37.8 Å². The molecule has 2 aromatic carbocycles. The van der Waals surface area contributed by atoms with Crippen LogP contribution in [0.5, 0.6) is 5.75 Å². The van der Waals surface area contributed by atoms with Crippen LogP contribution < -0.4 is 10.1 Å². The van der Waals surface area contributed by atoms with Crippen LogP contribution >= 0.6 is 0 Å². The monoisotopic (exact) mass is 444 g/mol. The quantitative estimate of drug-likeness (QED) is 0.509. The van der Waals surface area contributed by atoms with Crippen molar-refractivity contribution in [2.75, 3.05) is 11.9 Å². The van der Waals surface area contributed by atoms with Gasteiger partial charge in [0.25, 0.3) is 0 Å². The first-order valence-electron chi connectivity index (χ1n) is 11.7. The third kappa shape index (κ3) is 3.94. The lowest BCUT2D eigenvalue weighted by molar-refractivity contribution is -0.143. The maximum absolute atomic E-state index is 13.5. The van der Waals surface area contributed by atoms with E-state index in [9.17, 15) is 14.4 Å². The van der Waals surface area contributed by atoms with Gasteiger partial charge in [-0.2, -0.15) is 0 Å². The van der Waals surface area contributed by atoms with Crippen molar-refractivity contribution < 1.29 is 19.1 Å². The number of anilines is 1. The van der Waals surface area contributed by atoms with Gasteiger partial charge in [-0.1, -0.05) is 42.5 Å². The van der Waals surface area contributed by atoms with Gasteiger partial charge in [0.1, 0.15) is 5.75 Å². The molecule has 6 heteroatoms. The van der Waals surface area contributed by atoms with Gasteiger partial charge in [0.05, 0.1) is 30.9 Å². The van der Waals surface area contributed by atoms with E-state index in [0.717, 1.165) is 24.2 Å². The number of imide groups is 1. The maximum atomic E-state index is 13.5. The van der Waals surface area contributed by atoms with E-state index in [1.165, 1.54) is 4.90 Å². The van der Waals surface area contributed by atoms with E-state index in [1.54, 1.807) is 24.3 Å². The molecule has 33 heavy (non-hydrogen) atoms. The second kappa shape index (κ2) is 8.85. The average molecular weight is 445 g/mol. The predicted octanol–water partition coefficient (Wildman–Crippen LogP) is 4.35. The number of likely N-dealkylation sites (tertiary alicyclic amines) is 1. The zero-order chi connectivity index (χ0) is 22.9. The lowest BCUT2D eigenvalue weighted by Crippen LogP contribution is -2.38. The molecule has 0 aromatic heterocycles. The summed E-state index contributed by atoms with van der Waals surface area (Å²) in [5.41, 5.74) is 1.44. The van der Waals surface area contributed by atoms with Crippen molar-refractivity contribution in [3.05, 3.63) is 72.3 Å². The van der Waals surface area contributed by atoms with Gasteiger partial charge in [0.15, 0.2) is 0 Å². The molecule has 0 unspecified atom stereocenters. The van der Waals surface area contributed by atoms with Gasteiger partial charge in [-0.25, -0.2) is 0 Å². The lowest BCUT2D eigenvalue weighted by Gasteiger charge is -2.38. The fourth-order valence-electron chi connectivity index (χ4n) is 5.63. The molecular formula is C27H28N2O4. The molecule has 4 aliphatic rings. The average Bonchev–Trinajstić information content (AvgIpc) is 3.12. The number of rotatable bonds is 7. The number of nitrogens with zero attached hydrogens (tertiary/aromatic N) is 1. The Bertz CT molecular complexity index is 1050. The van der Waals surface area contributed by atoms with Crippen LogP contribution in [0, 0.1) is 23.7 Å². The van der Waals surface area contributed by atoms with E-state index in [-0.39, 0.29) is 47.8 Å². The standard InChI is InChI=1S/C27H28N2O4/c1-2-33-21-14-12-20(13-15-21)28-23(30)16-22(17-6-4-3-5-7-17)29-26(31)24-18-8-9-19(11-10-18)25(24)27(29)32/h3-9,12-15,18-19,22,24-25H,2,10-11,16H2,1H3,(H,28,30)/t18-,19-,22+,24+,25+/m0/s1. The molecule has 2 fully saturated rings. The van der Waals surface area contributed by atoms with Crippen molar-refractivity contribution in [1.82, 2.24) is 4.90 Å². The fourth-order valence-corrected chi connectivity index (χ4v) is 5.63. The molecular weight excluding hydrogens is 416 g/mol. The largest absolute Gasteiger partial charge is 0.494 e. The summed E-state index contributed by atoms with van der Waals surface area (Å²) in [5.74, 6) is -0.116. The molecule has 1 aliphatic heterocycles. The van der Waals surface area contributed by atoms with Crippen LogP contribution in [-0.2, 0) is 14.4 Å². The maximum Gasteiger partial charge on any atom is 0.234 e. The van der Waals surface area contributed by atoms with Gasteiger partial charge in [-0.3, -0.25) is 19.3 Å². The first-order valence-corrected chi connectivity index (χ1v) is 11.7. The van der Waals surface area contributed by atoms with Crippen LogP contribution in [0.4, 0.5) is 5.69 Å². The van der Waals surface area contributed by atoms with E-state index < -0.39 is 6.04 Å². The highest BCUT2D eigenvalue weighted by molar-refractivity contribution is 6.07. The summed E-state index contributed by atoms with van der Waals surface area (Å²) in [6.45, 7) is 2.49. The molecule has 1 saturated heterocycles. The first kappa shape index (κ1) is 21.4. The summed E-state index contributed by atoms with van der Waals surface area (Å²) in [7, 11) is 0. The van der Waals surface area contributed by atoms with Crippen LogP contribution in [0.3, 0.4) is 0 Å². The van der Waals surface area contributed by atoms with Crippen molar-refractivity contribution >= 4 is 23.4 Å². The van der Waals surface area contributed by atoms with Gasteiger partial charge >= 0.3 is 0 Å². The highest BCUT2D eigenvalue weighted by Gasteiger charge is 2.58. The lowest BCUT2D eigenvalue weighted by atomic mass is 9.63. The SMILES string of the molecule is CCOc1ccc(NC(=O)C[C@H](c2ccccc2)N2C(=O)[C@H]3[C@H](C2=O)[C@H]2C=C[C@H]3CC2)cc1. The minimum atomic E-state index is -0.626. The molecule has 2 bridgehead atoms. The van der Waals surface area contributed by atoms with Crippen molar-refractivity contribution in [3.8, 4) is 5.75 Å². The molecule has 5 atom stereocenters. The van der Waals surface area contributed by atoms with Gasteiger partial charge < -0.3 is 10.1 Å². The number of hydrogen-bond donors (Lipinski definition) is 1. The molecule has 6 nitrogen and oxygen atoms in total. The summed E-state index contributed by atoms with van der Waals surface area (Å²) >= 11 is 0. The zero-order valence-corrected chi connectivity index (χ0v) is 18.6. The van der Waals surface area contributed by atoms with Crippen molar-refractivity contribution in [2.45, 2.75) is 32.2 Å². The summed E-state index contributed by atoms with van der Waals surface area (Å²) in [4.78, 5) is 41.5. The number of hydrogen-bond acceptors (Lipinski definition) is 4. The highest BCUT2D eigenvalue weighted by atomic mass is 16.5. The Morgan fingerprint density at radius 3 is 2.12 bits per heavy atom. The highest BCUT2D eigenvalue weighted by Crippen LogP contribution is 2.51. The molecule has 3 aliphatic carbocycles. The third-order valence-electron chi connectivity index (χ3n) is 7.12. The number of carbonyl (C=O) groups excluding carboxylic acids is 3. The Kier molecular flexibility index (Phi) is 5.75. The Morgan fingerprint density at radius 2 is 1.58 bits per heavy atom. The number of nitrogens with one attached hydrogen (secondary N) is 1. The number of benzene rings is 2.